The number of hydrogen-bond acceptors (Lipinski definition) is 5. The van der Waals surface area contributed by atoms with Crippen LogP contribution in [0.3, 0.4) is 0 Å². The number of carbonyl (C=O) groups excluding carboxylic acids is 1. The van der Waals surface area contributed by atoms with Crippen LogP contribution in [0.1, 0.15) is 20.8 Å². The molecule has 7 nitrogen and oxygen atoms in total. The first-order chi connectivity index (χ1) is 12.7. The Bertz CT molecular complexity index is 835. The largest absolute Gasteiger partial charge is 0.444 e. The smallest absolute Gasteiger partial charge is 0.410 e. The van der Waals surface area contributed by atoms with Crippen LogP contribution < -0.4 is 10.6 Å². The zero-order valence-corrected chi connectivity index (χ0v) is 17.0. The molecule has 146 valence electrons. The molecule has 0 atom stereocenters. The molecule has 0 unspecified atom stereocenters. The summed E-state index contributed by atoms with van der Waals surface area (Å²) < 4.78 is 7.52. The van der Waals surface area contributed by atoms with Gasteiger partial charge in [-0.05, 0) is 39.0 Å². The Balaban J connectivity index is 1.75. The minimum absolute atomic E-state index is 0.269. The summed E-state index contributed by atoms with van der Waals surface area (Å²) in [5.74, 6) is 0.946. The lowest BCUT2D eigenvalue weighted by atomic mass is 10.2. The van der Waals surface area contributed by atoms with Gasteiger partial charge in [0.15, 0.2) is 0 Å². The first kappa shape index (κ1) is 19.4. The number of ether oxygens (including phenoxy) is 1. The molecule has 8 heteroatoms. The molecule has 0 radical (unpaired) electrons. The molecule has 1 fully saturated rings. The summed E-state index contributed by atoms with van der Waals surface area (Å²) in [5, 5.41) is 0.444. The van der Waals surface area contributed by atoms with E-state index in [1.54, 1.807) is 11.1 Å². The number of carbonyl (C=O) groups is 1. The van der Waals surface area contributed by atoms with Crippen molar-refractivity contribution >= 4 is 29.2 Å². The predicted octanol–water partition coefficient (Wildman–Crippen LogP) is 3.38. The van der Waals surface area contributed by atoms with Crippen LogP contribution in [0.5, 0.6) is 0 Å². The molecular weight excluding hydrogens is 366 g/mol. The van der Waals surface area contributed by atoms with Crippen LogP contribution in [0.2, 0.25) is 5.15 Å². The van der Waals surface area contributed by atoms with Gasteiger partial charge in [-0.15, -0.1) is 0 Å². The van der Waals surface area contributed by atoms with Crippen LogP contribution in [-0.2, 0) is 11.8 Å². The van der Waals surface area contributed by atoms with Crippen molar-refractivity contribution in [2.24, 2.45) is 7.05 Å². The number of rotatable bonds is 2. The highest BCUT2D eigenvalue weighted by Gasteiger charge is 2.28. The molecular formula is C19H26ClN5O2. The fraction of sp³-hybridized carbons (Fsp3) is 0.474. The number of nitrogens with two attached hydrogens (primary N) is 1. The Hall–Kier alpha value is -2.41. The maximum absolute atomic E-state index is 12.2. The summed E-state index contributed by atoms with van der Waals surface area (Å²) in [6.45, 7) is 8.19. The van der Waals surface area contributed by atoms with E-state index in [0.29, 0.717) is 37.0 Å². The van der Waals surface area contributed by atoms with Crippen molar-refractivity contribution in [3.63, 3.8) is 0 Å². The number of nitrogens with zero attached hydrogens (tertiary/aromatic N) is 4. The Morgan fingerprint density at radius 1 is 1.22 bits per heavy atom. The van der Waals surface area contributed by atoms with Gasteiger partial charge in [0.1, 0.15) is 16.6 Å². The molecule has 27 heavy (non-hydrogen) atoms. The van der Waals surface area contributed by atoms with Crippen molar-refractivity contribution in [2.45, 2.75) is 26.4 Å². The molecule has 1 saturated heterocycles. The van der Waals surface area contributed by atoms with Crippen molar-refractivity contribution < 1.29 is 9.53 Å². The summed E-state index contributed by atoms with van der Waals surface area (Å²) >= 11 is 6.02. The van der Waals surface area contributed by atoms with E-state index in [2.05, 4.69) is 14.5 Å². The van der Waals surface area contributed by atoms with E-state index in [1.807, 2.05) is 46.0 Å². The highest BCUT2D eigenvalue weighted by atomic mass is 35.5. The Labute approximate surface area is 164 Å². The summed E-state index contributed by atoms with van der Waals surface area (Å²) in [6, 6.07) is 5.67. The average molecular weight is 392 g/mol. The Kier molecular flexibility index (Phi) is 5.24. The van der Waals surface area contributed by atoms with Crippen molar-refractivity contribution in [2.75, 3.05) is 36.8 Å². The molecule has 0 spiro atoms. The number of halogens is 1. The van der Waals surface area contributed by atoms with Gasteiger partial charge in [-0.3, -0.25) is 0 Å². The topological polar surface area (TPSA) is 76.6 Å². The summed E-state index contributed by atoms with van der Waals surface area (Å²) in [5.41, 5.74) is 8.46. The number of aromatic nitrogens is 2. The molecule has 1 amide bonds. The van der Waals surface area contributed by atoms with Crippen LogP contribution >= 0.6 is 11.6 Å². The highest BCUT2D eigenvalue weighted by molar-refractivity contribution is 6.29. The molecule has 0 aliphatic carbocycles. The second kappa shape index (κ2) is 7.31. The molecule has 0 saturated carbocycles. The number of amides is 1. The zero-order valence-electron chi connectivity index (χ0n) is 16.2. The molecule has 2 aromatic rings. The lowest BCUT2D eigenvalue weighted by molar-refractivity contribution is 0.0240. The lowest BCUT2D eigenvalue weighted by Gasteiger charge is -2.37. The fourth-order valence-corrected chi connectivity index (χ4v) is 3.45. The summed E-state index contributed by atoms with van der Waals surface area (Å²) in [4.78, 5) is 20.2. The normalized spacial score (nSPS) is 15.1. The summed E-state index contributed by atoms with van der Waals surface area (Å²) in [7, 11) is 1.98. The van der Waals surface area contributed by atoms with Gasteiger partial charge in [0, 0.05) is 45.0 Å². The van der Waals surface area contributed by atoms with Crippen LogP contribution in [0.4, 0.5) is 16.3 Å². The molecule has 2 aromatic heterocycles. The SMILES string of the molecule is Cn1c(-c2ccnc(Cl)c2)cc(N)c1N1CCN(C(=O)OC(C)(C)C)CC1. The molecule has 0 aromatic carbocycles. The van der Waals surface area contributed by atoms with Gasteiger partial charge in [-0.2, -0.15) is 0 Å². The van der Waals surface area contributed by atoms with E-state index in [9.17, 15) is 4.79 Å². The first-order valence-corrected chi connectivity index (χ1v) is 9.33. The van der Waals surface area contributed by atoms with Gasteiger partial charge >= 0.3 is 6.09 Å². The van der Waals surface area contributed by atoms with E-state index in [0.717, 1.165) is 17.1 Å². The predicted molar refractivity (Wildman–Crippen MR) is 108 cm³/mol. The Morgan fingerprint density at radius 2 is 1.89 bits per heavy atom. The van der Waals surface area contributed by atoms with Crippen molar-refractivity contribution in [3.05, 3.63) is 29.5 Å². The minimum atomic E-state index is -0.489. The minimum Gasteiger partial charge on any atom is -0.444 e. The number of anilines is 2. The van der Waals surface area contributed by atoms with Gasteiger partial charge in [-0.25, -0.2) is 9.78 Å². The highest BCUT2D eigenvalue weighted by Crippen LogP contribution is 2.34. The zero-order chi connectivity index (χ0) is 19.8. The van der Waals surface area contributed by atoms with Gasteiger partial charge in [-0.1, -0.05) is 11.6 Å². The van der Waals surface area contributed by atoms with Gasteiger partial charge in [0.05, 0.1) is 11.4 Å². The molecule has 3 heterocycles. The quantitative estimate of drug-likeness (QED) is 0.794. The van der Waals surface area contributed by atoms with E-state index < -0.39 is 5.60 Å². The van der Waals surface area contributed by atoms with Crippen molar-refractivity contribution in [1.29, 1.82) is 0 Å². The van der Waals surface area contributed by atoms with Crippen LogP contribution in [0.25, 0.3) is 11.3 Å². The van der Waals surface area contributed by atoms with Crippen LogP contribution in [0.15, 0.2) is 24.4 Å². The van der Waals surface area contributed by atoms with Gasteiger partial charge in [0.2, 0.25) is 0 Å². The van der Waals surface area contributed by atoms with E-state index in [1.165, 1.54) is 0 Å². The maximum atomic E-state index is 12.2. The Morgan fingerprint density at radius 3 is 2.48 bits per heavy atom. The monoisotopic (exact) mass is 391 g/mol. The van der Waals surface area contributed by atoms with E-state index in [-0.39, 0.29) is 6.09 Å². The molecule has 1 aliphatic heterocycles. The molecule has 3 rings (SSSR count). The molecule has 1 aliphatic rings. The molecule has 0 bridgehead atoms. The number of pyridine rings is 1. The maximum Gasteiger partial charge on any atom is 0.410 e. The third-order valence-corrected chi connectivity index (χ3v) is 4.69. The van der Waals surface area contributed by atoms with E-state index >= 15 is 0 Å². The third kappa shape index (κ3) is 4.30. The standard InChI is InChI=1S/C19H26ClN5O2/c1-19(2,3)27-18(26)25-9-7-24(8-10-25)17-14(21)12-15(23(17)4)13-5-6-22-16(20)11-13/h5-6,11-12H,7-10,21H2,1-4H3. The number of piperazine rings is 1. The lowest BCUT2D eigenvalue weighted by Crippen LogP contribution is -2.50. The second-order valence-corrected chi connectivity index (χ2v) is 8.08. The second-order valence-electron chi connectivity index (χ2n) is 7.69. The van der Waals surface area contributed by atoms with Crippen molar-refractivity contribution in [3.8, 4) is 11.3 Å². The summed E-state index contributed by atoms with van der Waals surface area (Å²) in [6.07, 6.45) is 1.41. The van der Waals surface area contributed by atoms with Gasteiger partial charge < -0.3 is 24.8 Å². The third-order valence-electron chi connectivity index (χ3n) is 4.48. The number of hydrogen-bond donors (Lipinski definition) is 1. The average Bonchev–Trinajstić information content (AvgIpc) is 2.88. The fourth-order valence-electron chi connectivity index (χ4n) is 3.28. The first-order valence-electron chi connectivity index (χ1n) is 8.96. The van der Waals surface area contributed by atoms with Gasteiger partial charge in [0.25, 0.3) is 0 Å². The van der Waals surface area contributed by atoms with E-state index in [4.69, 9.17) is 22.1 Å². The molecule has 2 N–H and O–H groups in total. The van der Waals surface area contributed by atoms with Crippen molar-refractivity contribution in [1.82, 2.24) is 14.5 Å². The van der Waals surface area contributed by atoms with Crippen LogP contribution in [0, 0.1) is 0 Å². The number of nitrogen functional groups attached to an aromatic ring is 1. The van der Waals surface area contributed by atoms with Crippen LogP contribution in [-0.4, -0.2) is 52.3 Å².